The van der Waals surface area contributed by atoms with Gasteiger partial charge in [0.1, 0.15) is 6.10 Å². The van der Waals surface area contributed by atoms with E-state index in [1.165, 1.54) is 19.2 Å². The normalized spacial score (nSPS) is 20.1. The number of hydrogen-bond donors (Lipinski definition) is 1. The molecule has 0 spiro atoms. The van der Waals surface area contributed by atoms with Gasteiger partial charge in [-0.05, 0) is 25.5 Å². The van der Waals surface area contributed by atoms with E-state index in [4.69, 9.17) is 14.0 Å². The predicted molar refractivity (Wildman–Crippen MR) is 81.1 cm³/mol. The first-order valence-corrected chi connectivity index (χ1v) is 7.62. The summed E-state index contributed by atoms with van der Waals surface area (Å²) in [6.45, 7) is 2.59. The Bertz CT molecular complexity index is 734. The summed E-state index contributed by atoms with van der Waals surface area (Å²) in [6.07, 6.45) is 0.383. The fraction of sp³-hybridized carbons (Fsp3) is 0.438. The summed E-state index contributed by atoms with van der Waals surface area (Å²) in [6, 6.07) is 4.45. The van der Waals surface area contributed by atoms with Gasteiger partial charge in [0.2, 0.25) is 0 Å². The first kappa shape index (κ1) is 16.4. The van der Waals surface area contributed by atoms with E-state index in [9.17, 15) is 9.18 Å². The van der Waals surface area contributed by atoms with Crippen LogP contribution >= 0.6 is 0 Å². The Morgan fingerprint density at radius 3 is 3.04 bits per heavy atom. The lowest BCUT2D eigenvalue weighted by Gasteiger charge is -2.16. The van der Waals surface area contributed by atoms with Crippen molar-refractivity contribution >= 4 is 5.91 Å². The Morgan fingerprint density at radius 2 is 2.33 bits per heavy atom. The molecule has 1 aliphatic heterocycles. The lowest BCUT2D eigenvalue weighted by molar-refractivity contribution is 0.0612. The number of nitrogens with zero attached hydrogens (tertiary/aromatic N) is 2. The van der Waals surface area contributed by atoms with E-state index >= 15 is 0 Å². The van der Waals surface area contributed by atoms with Crippen molar-refractivity contribution in [3.63, 3.8) is 0 Å². The van der Waals surface area contributed by atoms with Gasteiger partial charge >= 0.3 is 0 Å². The van der Waals surface area contributed by atoms with Crippen LogP contribution in [0.1, 0.15) is 34.6 Å². The molecule has 1 aliphatic rings. The number of ether oxygens (including phenoxy) is 2. The fourth-order valence-corrected chi connectivity index (χ4v) is 2.71. The van der Waals surface area contributed by atoms with Crippen molar-refractivity contribution < 1.29 is 23.2 Å². The standard InChI is InChI=1S/C16H18FN3O4/c1-9-19-16(24-20-9)14-10(6-7-23-14)8-18-15(21)11-4-3-5-12(22-2)13(11)17/h3-5,10,14H,6-8H2,1-2H3,(H,18,21)/t10-,14-/m0/s1. The second kappa shape index (κ2) is 6.96. The Labute approximate surface area is 138 Å². The van der Waals surface area contributed by atoms with Gasteiger partial charge in [-0.3, -0.25) is 4.79 Å². The lowest BCUT2D eigenvalue weighted by atomic mass is 10.0. The summed E-state index contributed by atoms with van der Waals surface area (Å²) in [4.78, 5) is 16.4. The number of aryl methyl sites for hydroxylation is 1. The Balaban J connectivity index is 1.66. The van der Waals surface area contributed by atoms with Crippen LogP contribution in [0.15, 0.2) is 22.7 Å². The molecule has 0 radical (unpaired) electrons. The second-order valence-electron chi connectivity index (χ2n) is 5.55. The van der Waals surface area contributed by atoms with Crippen molar-refractivity contribution in [2.45, 2.75) is 19.4 Å². The number of halogens is 1. The van der Waals surface area contributed by atoms with E-state index in [2.05, 4.69) is 15.5 Å². The Hall–Kier alpha value is -2.48. The molecule has 7 nitrogen and oxygen atoms in total. The Morgan fingerprint density at radius 1 is 1.50 bits per heavy atom. The number of carbonyl (C=O) groups excluding carboxylic acids is 1. The first-order valence-electron chi connectivity index (χ1n) is 7.62. The van der Waals surface area contributed by atoms with Gasteiger partial charge in [-0.25, -0.2) is 4.39 Å². The molecule has 8 heteroatoms. The summed E-state index contributed by atoms with van der Waals surface area (Å²) in [5.74, 6) is -0.227. The highest BCUT2D eigenvalue weighted by atomic mass is 19.1. The van der Waals surface area contributed by atoms with E-state index in [1.54, 1.807) is 13.0 Å². The summed E-state index contributed by atoms with van der Waals surface area (Å²) in [5.41, 5.74) is -0.0570. The molecule has 0 aliphatic carbocycles. The van der Waals surface area contributed by atoms with Crippen LogP contribution in [0.2, 0.25) is 0 Å². The van der Waals surface area contributed by atoms with Crippen LogP contribution in [0.4, 0.5) is 4.39 Å². The molecule has 0 unspecified atom stereocenters. The van der Waals surface area contributed by atoms with Crippen LogP contribution in [0, 0.1) is 18.7 Å². The minimum atomic E-state index is -0.677. The third-order valence-electron chi connectivity index (χ3n) is 3.95. The fourth-order valence-electron chi connectivity index (χ4n) is 2.71. The van der Waals surface area contributed by atoms with E-state index < -0.39 is 11.7 Å². The quantitative estimate of drug-likeness (QED) is 0.900. The zero-order valence-electron chi connectivity index (χ0n) is 13.4. The molecule has 128 valence electrons. The predicted octanol–water partition coefficient (Wildman–Crippen LogP) is 2.03. The monoisotopic (exact) mass is 335 g/mol. The van der Waals surface area contributed by atoms with Crippen molar-refractivity contribution in [2.75, 3.05) is 20.3 Å². The number of benzene rings is 1. The zero-order valence-corrected chi connectivity index (χ0v) is 13.4. The molecular formula is C16H18FN3O4. The second-order valence-corrected chi connectivity index (χ2v) is 5.55. The van der Waals surface area contributed by atoms with Gasteiger partial charge in [-0.15, -0.1) is 0 Å². The van der Waals surface area contributed by atoms with Crippen molar-refractivity contribution in [3.05, 3.63) is 41.3 Å². The largest absolute Gasteiger partial charge is 0.494 e. The minimum Gasteiger partial charge on any atom is -0.494 e. The molecule has 2 heterocycles. The van der Waals surface area contributed by atoms with Crippen LogP contribution in [-0.2, 0) is 4.74 Å². The van der Waals surface area contributed by atoms with E-state index in [0.29, 0.717) is 24.9 Å². The highest BCUT2D eigenvalue weighted by Gasteiger charge is 2.34. The summed E-state index contributed by atoms with van der Waals surface area (Å²) >= 11 is 0. The SMILES string of the molecule is COc1cccc(C(=O)NC[C@@H]2CCO[C@@H]2c2nc(C)no2)c1F. The van der Waals surface area contributed by atoms with Gasteiger partial charge in [0, 0.05) is 19.1 Å². The molecule has 1 amide bonds. The molecule has 3 rings (SSSR count). The maximum Gasteiger partial charge on any atom is 0.256 e. The van der Waals surface area contributed by atoms with Crippen molar-refractivity contribution in [3.8, 4) is 5.75 Å². The van der Waals surface area contributed by atoms with Crippen LogP contribution in [0.25, 0.3) is 0 Å². The van der Waals surface area contributed by atoms with Crippen molar-refractivity contribution in [2.24, 2.45) is 5.92 Å². The number of hydrogen-bond acceptors (Lipinski definition) is 6. The maximum atomic E-state index is 14.1. The highest BCUT2D eigenvalue weighted by molar-refractivity contribution is 5.94. The summed E-state index contributed by atoms with van der Waals surface area (Å²) < 4.78 is 29.8. The number of methoxy groups -OCH3 is 1. The van der Waals surface area contributed by atoms with E-state index in [0.717, 1.165) is 6.42 Å². The van der Waals surface area contributed by atoms with Gasteiger partial charge < -0.3 is 19.3 Å². The van der Waals surface area contributed by atoms with Crippen LogP contribution < -0.4 is 10.1 Å². The topological polar surface area (TPSA) is 86.5 Å². The van der Waals surface area contributed by atoms with Crippen molar-refractivity contribution in [1.82, 2.24) is 15.5 Å². The summed E-state index contributed by atoms with van der Waals surface area (Å²) in [7, 11) is 1.35. The molecule has 1 fully saturated rings. The van der Waals surface area contributed by atoms with Crippen LogP contribution in [-0.4, -0.2) is 36.3 Å². The molecule has 1 N–H and O–H groups in total. The third-order valence-corrected chi connectivity index (χ3v) is 3.95. The van der Waals surface area contributed by atoms with Gasteiger partial charge in [0.15, 0.2) is 17.4 Å². The molecule has 1 aromatic heterocycles. The lowest BCUT2D eigenvalue weighted by Crippen LogP contribution is -2.31. The van der Waals surface area contributed by atoms with Crippen molar-refractivity contribution in [1.29, 1.82) is 0 Å². The molecule has 2 atom stereocenters. The van der Waals surface area contributed by atoms with Gasteiger partial charge in [-0.1, -0.05) is 11.2 Å². The smallest absolute Gasteiger partial charge is 0.256 e. The number of nitrogens with one attached hydrogen (secondary N) is 1. The molecular weight excluding hydrogens is 317 g/mol. The van der Waals surface area contributed by atoms with E-state index in [-0.39, 0.29) is 23.3 Å². The first-order chi connectivity index (χ1) is 11.6. The number of carbonyl (C=O) groups is 1. The maximum absolute atomic E-state index is 14.1. The number of rotatable bonds is 5. The molecule has 0 saturated carbocycles. The molecule has 0 bridgehead atoms. The number of aromatic nitrogens is 2. The molecule has 1 saturated heterocycles. The average Bonchev–Trinajstić information content (AvgIpc) is 3.21. The zero-order chi connectivity index (χ0) is 17.1. The van der Waals surface area contributed by atoms with E-state index in [1.807, 2.05) is 0 Å². The van der Waals surface area contributed by atoms with Crippen LogP contribution in [0.3, 0.4) is 0 Å². The molecule has 1 aromatic carbocycles. The van der Waals surface area contributed by atoms with Gasteiger partial charge in [0.05, 0.1) is 12.7 Å². The Kier molecular flexibility index (Phi) is 4.75. The van der Waals surface area contributed by atoms with Crippen LogP contribution in [0.5, 0.6) is 5.75 Å². The van der Waals surface area contributed by atoms with Gasteiger partial charge in [-0.2, -0.15) is 4.98 Å². The van der Waals surface area contributed by atoms with Gasteiger partial charge in [0.25, 0.3) is 11.8 Å². The third kappa shape index (κ3) is 3.23. The number of amides is 1. The molecule has 24 heavy (non-hydrogen) atoms. The minimum absolute atomic E-state index is 0.0116. The molecule has 2 aromatic rings. The average molecular weight is 335 g/mol. The summed E-state index contributed by atoms with van der Waals surface area (Å²) in [5, 5.41) is 6.49. The highest BCUT2D eigenvalue weighted by Crippen LogP contribution is 2.33.